The molecule has 23 heavy (non-hydrogen) atoms. The van der Waals surface area contributed by atoms with Crippen LogP contribution in [0.2, 0.25) is 0 Å². The van der Waals surface area contributed by atoms with Crippen LogP contribution >= 0.6 is 0 Å². The number of halogens is 3. The largest absolute Gasteiger partial charge is 0.444 e. The summed E-state index contributed by atoms with van der Waals surface area (Å²) < 4.78 is 41.9. The van der Waals surface area contributed by atoms with Gasteiger partial charge in [0.2, 0.25) is 5.91 Å². The van der Waals surface area contributed by atoms with Gasteiger partial charge in [-0.3, -0.25) is 4.79 Å². The SMILES string of the molecule is CN(C[C@@H](O)C(F)(F)F)C(=O)CC1CN(C(=O)OC(C)(C)C)C1. The van der Waals surface area contributed by atoms with Gasteiger partial charge in [-0.1, -0.05) is 0 Å². The summed E-state index contributed by atoms with van der Waals surface area (Å²) in [6.07, 6.45) is -7.75. The van der Waals surface area contributed by atoms with Crippen molar-refractivity contribution in [2.45, 2.75) is 45.1 Å². The Labute approximate surface area is 133 Å². The Morgan fingerprint density at radius 3 is 2.26 bits per heavy atom. The second-order valence-electron chi connectivity index (χ2n) is 6.79. The average molecular weight is 340 g/mol. The number of ether oxygens (including phenoxy) is 1. The van der Waals surface area contributed by atoms with Gasteiger partial charge in [0.15, 0.2) is 6.10 Å². The molecular formula is C14H23F3N2O4. The first kappa shape index (κ1) is 19.5. The normalized spacial score (nSPS) is 17.5. The number of aliphatic hydroxyl groups is 1. The number of likely N-dealkylation sites (tertiary alicyclic amines) is 1. The lowest BCUT2D eigenvalue weighted by Gasteiger charge is -2.40. The minimum Gasteiger partial charge on any atom is -0.444 e. The van der Waals surface area contributed by atoms with Crippen molar-refractivity contribution in [2.75, 3.05) is 26.7 Å². The molecule has 0 spiro atoms. The van der Waals surface area contributed by atoms with Gasteiger partial charge in [0.25, 0.3) is 0 Å². The fraction of sp³-hybridized carbons (Fsp3) is 0.857. The van der Waals surface area contributed by atoms with E-state index in [9.17, 15) is 22.8 Å². The standard InChI is InChI=1S/C14H23F3N2O4/c1-13(2,3)23-12(22)19-6-9(7-19)5-11(21)18(4)8-10(20)14(15,16)17/h9-10,20H,5-8H2,1-4H3/t10-/m1/s1. The van der Waals surface area contributed by atoms with Crippen molar-refractivity contribution in [3.05, 3.63) is 0 Å². The van der Waals surface area contributed by atoms with Crippen LogP contribution < -0.4 is 0 Å². The highest BCUT2D eigenvalue weighted by Crippen LogP contribution is 2.24. The second-order valence-corrected chi connectivity index (χ2v) is 6.79. The van der Waals surface area contributed by atoms with E-state index < -0.39 is 36.4 Å². The topological polar surface area (TPSA) is 70.1 Å². The van der Waals surface area contributed by atoms with Gasteiger partial charge in [0.1, 0.15) is 5.60 Å². The highest BCUT2D eigenvalue weighted by atomic mass is 19.4. The average Bonchev–Trinajstić information content (AvgIpc) is 2.28. The fourth-order valence-corrected chi connectivity index (χ4v) is 2.04. The molecule has 0 saturated carbocycles. The summed E-state index contributed by atoms with van der Waals surface area (Å²) in [6.45, 7) is 5.09. The number of alkyl halides is 3. The van der Waals surface area contributed by atoms with E-state index in [1.54, 1.807) is 20.8 Å². The van der Waals surface area contributed by atoms with Crippen molar-refractivity contribution in [1.29, 1.82) is 0 Å². The number of carbonyl (C=O) groups is 2. The molecule has 0 unspecified atom stereocenters. The van der Waals surface area contributed by atoms with E-state index in [1.807, 2.05) is 0 Å². The van der Waals surface area contributed by atoms with E-state index in [0.717, 1.165) is 4.90 Å². The van der Waals surface area contributed by atoms with Crippen LogP contribution in [-0.2, 0) is 9.53 Å². The molecule has 0 aromatic rings. The lowest BCUT2D eigenvalue weighted by molar-refractivity contribution is -0.207. The van der Waals surface area contributed by atoms with Crippen LogP contribution in [0, 0.1) is 5.92 Å². The van der Waals surface area contributed by atoms with E-state index in [4.69, 9.17) is 9.84 Å². The van der Waals surface area contributed by atoms with E-state index >= 15 is 0 Å². The smallest absolute Gasteiger partial charge is 0.416 e. The number of carbonyl (C=O) groups excluding carboxylic acids is 2. The maximum Gasteiger partial charge on any atom is 0.416 e. The number of aliphatic hydroxyl groups excluding tert-OH is 1. The van der Waals surface area contributed by atoms with E-state index in [0.29, 0.717) is 13.1 Å². The third kappa shape index (κ3) is 6.25. The molecule has 134 valence electrons. The van der Waals surface area contributed by atoms with Crippen molar-refractivity contribution in [2.24, 2.45) is 5.92 Å². The molecule has 1 saturated heterocycles. The first-order valence-electron chi connectivity index (χ1n) is 7.26. The summed E-state index contributed by atoms with van der Waals surface area (Å²) in [5.41, 5.74) is -0.605. The predicted octanol–water partition coefficient (Wildman–Crippen LogP) is 1.62. The molecule has 0 aliphatic carbocycles. The summed E-state index contributed by atoms with van der Waals surface area (Å²) in [7, 11) is 1.21. The molecule has 0 bridgehead atoms. The molecule has 2 amide bonds. The summed E-state index contributed by atoms with van der Waals surface area (Å²) in [6, 6.07) is 0. The molecule has 0 radical (unpaired) electrons. The minimum absolute atomic E-state index is 0.0281. The number of amides is 2. The van der Waals surface area contributed by atoms with E-state index in [1.165, 1.54) is 11.9 Å². The van der Waals surface area contributed by atoms with Crippen LogP contribution in [0.4, 0.5) is 18.0 Å². The fourth-order valence-electron chi connectivity index (χ4n) is 2.04. The maximum atomic E-state index is 12.2. The minimum atomic E-state index is -4.75. The first-order chi connectivity index (χ1) is 10.3. The second kappa shape index (κ2) is 6.94. The number of nitrogens with zero attached hydrogens (tertiary/aromatic N) is 2. The summed E-state index contributed by atoms with van der Waals surface area (Å²) in [5.74, 6) is -0.609. The third-order valence-electron chi connectivity index (χ3n) is 3.32. The van der Waals surface area contributed by atoms with E-state index in [2.05, 4.69) is 0 Å². The molecule has 1 atom stereocenters. The Bertz CT molecular complexity index is 442. The van der Waals surface area contributed by atoms with Crippen molar-refractivity contribution in [3.63, 3.8) is 0 Å². The molecule has 1 heterocycles. The summed E-state index contributed by atoms with van der Waals surface area (Å²) >= 11 is 0. The van der Waals surface area contributed by atoms with Gasteiger partial charge in [-0.2, -0.15) is 13.2 Å². The number of hydrogen-bond donors (Lipinski definition) is 1. The van der Waals surface area contributed by atoms with Gasteiger partial charge in [0.05, 0.1) is 6.54 Å². The molecule has 1 aliphatic heterocycles. The van der Waals surface area contributed by atoms with Gasteiger partial charge in [-0.05, 0) is 20.8 Å². The van der Waals surface area contributed by atoms with Crippen molar-refractivity contribution < 1.29 is 32.6 Å². The van der Waals surface area contributed by atoms with Crippen molar-refractivity contribution >= 4 is 12.0 Å². The molecule has 9 heteroatoms. The quantitative estimate of drug-likeness (QED) is 0.844. The van der Waals surface area contributed by atoms with Crippen molar-refractivity contribution in [3.8, 4) is 0 Å². The van der Waals surface area contributed by atoms with Gasteiger partial charge in [0, 0.05) is 32.5 Å². The van der Waals surface area contributed by atoms with Crippen LogP contribution in [0.25, 0.3) is 0 Å². The number of rotatable bonds is 4. The Hall–Kier alpha value is -1.51. The summed E-state index contributed by atoms with van der Waals surface area (Å²) in [4.78, 5) is 25.8. The molecule has 1 rings (SSSR count). The van der Waals surface area contributed by atoms with Crippen LogP contribution in [0.3, 0.4) is 0 Å². The Morgan fingerprint density at radius 1 is 1.30 bits per heavy atom. The zero-order valence-electron chi connectivity index (χ0n) is 13.7. The highest BCUT2D eigenvalue weighted by Gasteiger charge is 2.40. The summed E-state index contributed by atoms with van der Waals surface area (Å²) in [5, 5.41) is 8.94. The zero-order chi connectivity index (χ0) is 18.0. The van der Waals surface area contributed by atoms with Crippen LogP contribution in [0.5, 0.6) is 0 Å². The maximum absolute atomic E-state index is 12.2. The first-order valence-corrected chi connectivity index (χ1v) is 7.26. The van der Waals surface area contributed by atoms with Gasteiger partial charge in [-0.25, -0.2) is 4.79 Å². The third-order valence-corrected chi connectivity index (χ3v) is 3.32. The van der Waals surface area contributed by atoms with Crippen LogP contribution in [-0.4, -0.2) is 71.5 Å². The lowest BCUT2D eigenvalue weighted by atomic mass is 9.96. The molecule has 1 N–H and O–H groups in total. The zero-order valence-corrected chi connectivity index (χ0v) is 13.7. The van der Waals surface area contributed by atoms with Crippen LogP contribution in [0.15, 0.2) is 0 Å². The van der Waals surface area contributed by atoms with Gasteiger partial charge in [-0.15, -0.1) is 0 Å². The Kier molecular flexibility index (Phi) is 5.89. The monoisotopic (exact) mass is 340 g/mol. The number of hydrogen-bond acceptors (Lipinski definition) is 4. The lowest BCUT2D eigenvalue weighted by Crippen LogP contribution is -2.53. The highest BCUT2D eigenvalue weighted by molar-refractivity contribution is 5.77. The molecule has 0 aromatic heterocycles. The Balaban J connectivity index is 2.34. The van der Waals surface area contributed by atoms with E-state index in [-0.39, 0.29) is 12.3 Å². The molecular weight excluding hydrogens is 317 g/mol. The predicted molar refractivity (Wildman–Crippen MR) is 75.6 cm³/mol. The molecule has 6 nitrogen and oxygen atoms in total. The van der Waals surface area contributed by atoms with Gasteiger partial charge < -0.3 is 19.6 Å². The molecule has 1 aliphatic rings. The molecule has 0 aromatic carbocycles. The van der Waals surface area contributed by atoms with Crippen molar-refractivity contribution in [1.82, 2.24) is 9.80 Å². The number of likely N-dealkylation sites (N-methyl/N-ethyl adjacent to an activating group) is 1. The molecule has 1 fully saturated rings. The Morgan fingerprint density at radius 2 is 1.83 bits per heavy atom. The van der Waals surface area contributed by atoms with Gasteiger partial charge >= 0.3 is 12.3 Å². The van der Waals surface area contributed by atoms with Crippen LogP contribution in [0.1, 0.15) is 27.2 Å².